The van der Waals surface area contributed by atoms with Crippen molar-refractivity contribution in [1.82, 2.24) is 0 Å². The molecule has 0 heterocycles. The van der Waals surface area contributed by atoms with Crippen LogP contribution in [0.2, 0.25) is 0 Å². The van der Waals surface area contributed by atoms with Crippen LogP contribution in [-0.4, -0.2) is 12.1 Å². The van der Waals surface area contributed by atoms with Gasteiger partial charge >= 0.3 is 5.97 Å². The van der Waals surface area contributed by atoms with E-state index < -0.39 is 0 Å². The molecule has 1 unspecified atom stereocenters. The van der Waals surface area contributed by atoms with Crippen LogP contribution in [-0.2, 0) is 9.53 Å². The summed E-state index contributed by atoms with van der Waals surface area (Å²) in [6.45, 7) is 5.64. The Bertz CT molecular complexity index is 173. The molecule has 0 aliphatic carbocycles. The molecule has 0 amide bonds. The predicted molar refractivity (Wildman–Crippen MR) is 59.1 cm³/mol. The van der Waals surface area contributed by atoms with E-state index in [1.54, 1.807) is 0 Å². The molecule has 0 saturated heterocycles. The van der Waals surface area contributed by atoms with Gasteiger partial charge < -0.3 is 4.74 Å². The molecule has 1 atom stereocenters. The number of esters is 1. The van der Waals surface area contributed by atoms with Crippen molar-refractivity contribution in [3.8, 4) is 0 Å². The Balaban J connectivity index is 3.77. The fraction of sp³-hybridized carbons (Fsp3) is 0.750. The van der Waals surface area contributed by atoms with E-state index in [0.717, 1.165) is 32.1 Å². The Hall–Kier alpha value is -0.790. The Morgan fingerprint density at radius 3 is 2.64 bits per heavy atom. The second kappa shape index (κ2) is 8.79. The third-order valence-corrected chi connectivity index (χ3v) is 2.10. The van der Waals surface area contributed by atoms with E-state index in [0.29, 0.717) is 0 Å². The number of carbonyl (C=O) groups is 1. The first-order chi connectivity index (χ1) is 6.70. The molecule has 0 fully saturated rings. The molecular formula is C12H22O2. The second-order valence-corrected chi connectivity index (χ2v) is 3.52. The van der Waals surface area contributed by atoms with Gasteiger partial charge in [-0.2, -0.15) is 0 Å². The quantitative estimate of drug-likeness (QED) is 0.462. The maximum atomic E-state index is 10.8. The molecule has 2 nitrogen and oxygen atoms in total. The van der Waals surface area contributed by atoms with Gasteiger partial charge in [-0.3, -0.25) is 4.79 Å². The van der Waals surface area contributed by atoms with Gasteiger partial charge in [-0.05, 0) is 26.2 Å². The zero-order valence-electron chi connectivity index (χ0n) is 9.58. The summed E-state index contributed by atoms with van der Waals surface area (Å²) in [6, 6.07) is 0. The lowest BCUT2D eigenvalue weighted by atomic mass is 10.1. The topological polar surface area (TPSA) is 26.3 Å². The van der Waals surface area contributed by atoms with Gasteiger partial charge in [-0.15, -0.1) is 0 Å². The highest BCUT2D eigenvalue weighted by atomic mass is 16.5. The van der Waals surface area contributed by atoms with E-state index in [9.17, 15) is 4.79 Å². The van der Waals surface area contributed by atoms with Crippen LogP contribution in [0.5, 0.6) is 0 Å². The van der Waals surface area contributed by atoms with Gasteiger partial charge in [0.25, 0.3) is 0 Å². The first-order valence-corrected chi connectivity index (χ1v) is 5.49. The van der Waals surface area contributed by atoms with Crippen LogP contribution < -0.4 is 0 Å². The smallest absolute Gasteiger partial charge is 0.302 e. The van der Waals surface area contributed by atoms with Crippen LogP contribution in [0.25, 0.3) is 0 Å². The maximum Gasteiger partial charge on any atom is 0.302 e. The van der Waals surface area contributed by atoms with Gasteiger partial charge in [-0.1, -0.05) is 31.9 Å². The van der Waals surface area contributed by atoms with Gasteiger partial charge in [-0.25, -0.2) is 0 Å². The zero-order valence-corrected chi connectivity index (χ0v) is 9.58. The summed E-state index contributed by atoms with van der Waals surface area (Å²) < 4.78 is 5.23. The van der Waals surface area contributed by atoms with Crippen molar-refractivity contribution in [2.45, 2.75) is 59.0 Å². The van der Waals surface area contributed by atoms with Gasteiger partial charge in [0, 0.05) is 6.92 Å². The third kappa shape index (κ3) is 7.84. The summed E-state index contributed by atoms with van der Waals surface area (Å²) >= 11 is 0. The number of allylic oxidation sites excluding steroid dienone is 2. The van der Waals surface area contributed by atoms with E-state index in [-0.39, 0.29) is 12.1 Å². The molecule has 0 N–H and O–H groups in total. The Kier molecular flexibility index (Phi) is 8.30. The number of hydrogen-bond donors (Lipinski definition) is 0. The molecule has 0 radical (unpaired) electrons. The summed E-state index contributed by atoms with van der Waals surface area (Å²) in [7, 11) is 0. The molecule has 0 bridgehead atoms. The molecule has 0 aliphatic heterocycles. The fourth-order valence-electron chi connectivity index (χ4n) is 1.38. The fourth-order valence-corrected chi connectivity index (χ4v) is 1.38. The van der Waals surface area contributed by atoms with Crippen molar-refractivity contribution in [1.29, 1.82) is 0 Å². The van der Waals surface area contributed by atoms with Gasteiger partial charge in [0.1, 0.15) is 6.10 Å². The average Bonchev–Trinajstić information content (AvgIpc) is 2.13. The molecular weight excluding hydrogens is 176 g/mol. The Labute approximate surface area is 87.3 Å². The van der Waals surface area contributed by atoms with Crippen LogP contribution in [0.1, 0.15) is 52.9 Å². The highest BCUT2D eigenvalue weighted by Gasteiger charge is 2.09. The normalized spacial score (nSPS) is 13.1. The Morgan fingerprint density at radius 2 is 2.14 bits per heavy atom. The molecule has 0 aromatic rings. The van der Waals surface area contributed by atoms with E-state index in [4.69, 9.17) is 4.74 Å². The van der Waals surface area contributed by atoms with Crippen LogP contribution in [0.4, 0.5) is 0 Å². The lowest BCUT2D eigenvalue weighted by Gasteiger charge is -2.15. The van der Waals surface area contributed by atoms with Crippen molar-refractivity contribution in [2.75, 3.05) is 0 Å². The van der Waals surface area contributed by atoms with Gasteiger partial charge in [0.2, 0.25) is 0 Å². The minimum atomic E-state index is -0.161. The molecule has 2 heteroatoms. The van der Waals surface area contributed by atoms with Crippen molar-refractivity contribution < 1.29 is 9.53 Å². The number of rotatable bonds is 7. The van der Waals surface area contributed by atoms with Crippen LogP contribution in [0.15, 0.2) is 12.2 Å². The van der Waals surface area contributed by atoms with Crippen LogP contribution in [0, 0.1) is 0 Å². The molecule has 0 aromatic heterocycles. The van der Waals surface area contributed by atoms with Gasteiger partial charge in [0.05, 0.1) is 0 Å². The predicted octanol–water partition coefficient (Wildman–Crippen LogP) is 3.46. The average molecular weight is 198 g/mol. The monoisotopic (exact) mass is 198 g/mol. The minimum Gasteiger partial charge on any atom is -0.463 e. The Morgan fingerprint density at radius 1 is 1.43 bits per heavy atom. The van der Waals surface area contributed by atoms with E-state index >= 15 is 0 Å². The first kappa shape index (κ1) is 13.2. The summed E-state index contributed by atoms with van der Waals surface area (Å²) in [6.07, 6.45) is 9.49. The van der Waals surface area contributed by atoms with E-state index in [1.807, 2.05) is 13.0 Å². The van der Waals surface area contributed by atoms with Crippen molar-refractivity contribution in [3.05, 3.63) is 12.2 Å². The zero-order chi connectivity index (χ0) is 10.8. The number of unbranched alkanes of at least 4 members (excludes halogenated alkanes) is 1. The molecule has 0 spiro atoms. The lowest BCUT2D eigenvalue weighted by Crippen LogP contribution is -2.15. The summed E-state index contributed by atoms with van der Waals surface area (Å²) in [5.41, 5.74) is 0. The molecule has 82 valence electrons. The summed E-state index contributed by atoms with van der Waals surface area (Å²) in [4.78, 5) is 10.8. The molecule has 0 rings (SSSR count). The van der Waals surface area contributed by atoms with Crippen LogP contribution >= 0.6 is 0 Å². The van der Waals surface area contributed by atoms with Crippen LogP contribution in [0.3, 0.4) is 0 Å². The van der Waals surface area contributed by atoms with E-state index in [1.165, 1.54) is 6.92 Å². The van der Waals surface area contributed by atoms with E-state index in [2.05, 4.69) is 13.0 Å². The van der Waals surface area contributed by atoms with Crippen molar-refractivity contribution >= 4 is 5.97 Å². The third-order valence-electron chi connectivity index (χ3n) is 2.10. The number of ether oxygens (including phenoxy) is 1. The second-order valence-electron chi connectivity index (χ2n) is 3.52. The standard InChI is InChI=1S/C12H22O2/c1-4-6-8-10-12(9-7-5-2)14-11(3)13/h4,6,12H,5,7-10H2,1-3H3. The molecule has 0 aromatic carbocycles. The summed E-state index contributed by atoms with van der Waals surface area (Å²) in [5, 5.41) is 0. The first-order valence-electron chi connectivity index (χ1n) is 5.49. The number of hydrogen-bond acceptors (Lipinski definition) is 2. The molecule has 14 heavy (non-hydrogen) atoms. The van der Waals surface area contributed by atoms with Crippen molar-refractivity contribution in [3.63, 3.8) is 0 Å². The largest absolute Gasteiger partial charge is 0.463 e. The highest BCUT2D eigenvalue weighted by Crippen LogP contribution is 2.11. The lowest BCUT2D eigenvalue weighted by molar-refractivity contribution is -0.146. The van der Waals surface area contributed by atoms with Gasteiger partial charge in [0.15, 0.2) is 0 Å². The molecule has 0 saturated carbocycles. The number of carbonyl (C=O) groups excluding carboxylic acids is 1. The minimum absolute atomic E-state index is 0.114. The summed E-state index contributed by atoms with van der Waals surface area (Å²) in [5.74, 6) is -0.161. The SMILES string of the molecule is CC=CCCC(CCCC)OC(C)=O. The molecule has 0 aliphatic rings. The van der Waals surface area contributed by atoms with Crippen molar-refractivity contribution in [2.24, 2.45) is 0 Å². The maximum absolute atomic E-state index is 10.8. The highest BCUT2D eigenvalue weighted by molar-refractivity contribution is 5.66.